The molecule has 5 heteroatoms. The van der Waals surface area contributed by atoms with Crippen molar-refractivity contribution >= 4 is 5.91 Å². The van der Waals surface area contributed by atoms with Gasteiger partial charge in [-0.05, 0) is 36.2 Å². The van der Waals surface area contributed by atoms with Crippen LogP contribution in [0.25, 0.3) is 11.1 Å². The topological polar surface area (TPSA) is 82.0 Å². The van der Waals surface area contributed by atoms with Crippen LogP contribution in [0.4, 0.5) is 4.39 Å². The van der Waals surface area contributed by atoms with Crippen molar-refractivity contribution in [1.82, 2.24) is 4.98 Å². The first-order valence-corrected chi connectivity index (χ1v) is 5.79. The number of carbonyl (C=O) groups is 1. The van der Waals surface area contributed by atoms with Gasteiger partial charge in [-0.25, -0.2) is 4.39 Å². The molecule has 0 spiro atoms. The van der Waals surface area contributed by atoms with Gasteiger partial charge < -0.3 is 11.5 Å². The monoisotopic (exact) mass is 259 g/mol. The zero-order valence-corrected chi connectivity index (χ0v) is 10.5. The van der Waals surface area contributed by atoms with E-state index < -0.39 is 5.91 Å². The number of benzene rings is 1. The highest BCUT2D eigenvalue weighted by Crippen LogP contribution is 2.26. The van der Waals surface area contributed by atoms with Crippen LogP contribution < -0.4 is 11.5 Å². The first kappa shape index (κ1) is 13.2. The standard InChI is InChI=1S/C14H14FN3O/c1-8-13(14(17)19)12(6-11(7-16)18-8)9-2-4-10(15)5-3-9/h2-6H,7,16H2,1H3,(H2,17,19). The van der Waals surface area contributed by atoms with Crippen LogP contribution in [0.2, 0.25) is 0 Å². The number of amides is 1. The third-order valence-corrected chi connectivity index (χ3v) is 2.86. The Hall–Kier alpha value is -2.27. The van der Waals surface area contributed by atoms with Crippen LogP contribution in [-0.4, -0.2) is 10.9 Å². The Kier molecular flexibility index (Phi) is 3.57. The van der Waals surface area contributed by atoms with Crippen LogP contribution in [0.15, 0.2) is 30.3 Å². The zero-order valence-electron chi connectivity index (χ0n) is 10.5. The number of hydrogen-bond donors (Lipinski definition) is 2. The fourth-order valence-electron chi connectivity index (χ4n) is 2.01. The normalized spacial score (nSPS) is 10.5. The molecule has 2 rings (SSSR count). The lowest BCUT2D eigenvalue weighted by atomic mass is 9.97. The minimum atomic E-state index is -0.562. The number of hydrogen-bond acceptors (Lipinski definition) is 3. The molecular formula is C14H14FN3O. The second-order valence-corrected chi connectivity index (χ2v) is 4.20. The number of halogens is 1. The van der Waals surface area contributed by atoms with Crippen molar-refractivity contribution in [2.45, 2.75) is 13.5 Å². The molecule has 0 radical (unpaired) electrons. The van der Waals surface area contributed by atoms with Crippen molar-refractivity contribution in [3.05, 3.63) is 53.1 Å². The summed E-state index contributed by atoms with van der Waals surface area (Å²) in [5.41, 5.74) is 13.8. The molecule has 2 aromatic rings. The number of primary amides is 1. The average molecular weight is 259 g/mol. The fourth-order valence-corrected chi connectivity index (χ4v) is 2.01. The lowest BCUT2D eigenvalue weighted by molar-refractivity contribution is 0.1000. The predicted octanol–water partition coefficient (Wildman–Crippen LogP) is 1.75. The zero-order chi connectivity index (χ0) is 14.0. The smallest absolute Gasteiger partial charge is 0.251 e. The highest BCUT2D eigenvalue weighted by Gasteiger charge is 2.15. The van der Waals surface area contributed by atoms with E-state index in [0.717, 1.165) is 0 Å². The molecule has 4 nitrogen and oxygen atoms in total. The Morgan fingerprint density at radius 3 is 2.47 bits per heavy atom. The van der Waals surface area contributed by atoms with Crippen LogP contribution in [0.5, 0.6) is 0 Å². The Balaban J connectivity index is 2.68. The van der Waals surface area contributed by atoms with Crippen molar-refractivity contribution in [2.24, 2.45) is 11.5 Å². The summed E-state index contributed by atoms with van der Waals surface area (Å²) in [4.78, 5) is 15.8. The molecule has 0 saturated heterocycles. The van der Waals surface area contributed by atoms with E-state index in [-0.39, 0.29) is 12.4 Å². The van der Waals surface area contributed by atoms with Gasteiger partial charge in [-0.15, -0.1) is 0 Å². The summed E-state index contributed by atoms with van der Waals surface area (Å²) in [5.74, 6) is -0.901. The molecule has 0 unspecified atom stereocenters. The molecule has 0 atom stereocenters. The van der Waals surface area contributed by atoms with Crippen molar-refractivity contribution in [3.8, 4) is 11.1 Å². The summed E-state index contributed by atoms with van der Waals surface area (Å²) in [6.45, 7) is 1.96. The van der Waals surface area contributed by atoms with Gasteiger partial charge in [-0.2, -0.15) is 0 Å². The van der Waals surface area contributed by atoms with Gasteiger partial charge in [0.2, 0.25) is 0 Å². The summed E-state index contributed by atoms with van der Waals surface area (Å²) in [5, 5.41) is 0. The SMILES string of the molecule is Cc1nc(CN)cc(-c2ccc(F)cc2)c1C(N)=O. The number of nitrogens with two attached hydrogens (primary N) is 2. The fraction of sp³-hybridized carbons (Fsp3) is 0.143. The molecule has 4 N–H and O–H groups in total. The van der Waals surface area contributed by atoms with Crippen LogP contribution >= 0.6 is 0 Å². The predicted molar refractivity (Wildman–Crippen MR) is 70.8 cm³/mol. The average Bonchev–Trinajstić information content (AvgIpc) is 2.38. The summed E-state index contributed by atoms with van der Waals surface area (Å²) in [6.07, 6.45) is 0. The Morgan fingerprint density at radius 1 is 1.32 bits per heavy atom. The van der Waals surface area contributed by atoms with Crippen LogP contribution in [0.3, 0.4) is 0 Å². The lowest BCUT2D eigenvalue weighted by Crippen LogP contribution is -2.16. The quantitative estimate of drug-likeness (QED) is 0.881. The van der Waals surface area contributed by atoms with E-state index in [9.17, 15) is 9.18 Å². The number of aryl methyl sites for hydroxylation is 1. The minimum Gasteiger partial charge on any atom is -0.366 e. The molecule has 0 aliphatic carbocycles. The molecule has 1 aromatic heterocycles. The summed E-state index contributed by atoms with van der Waals surface area (Å²) >= 11 is 0. The van der Waals surface area contributed by atoms with E-state index in [1.54, 1.807) is 25.1 Å². The maximum atomic E-state index is 13.0. The maximum absolute atomic E-state index is 13.0. The summed E-state index contributed by atoms with van der Waals surface area (Å²) in [6, 6.07) is 7.56. The van der Waals surface area contributed by atoms with E-state index >= 15 is 0 Å². The van der Waals surface area contributed by atoms with E-state index in [1.807, 2.05) is 0 Å². The number of aromatic nitrogens is 1. The molecule has 0 saturated carbocycles. The van der Waals surface area contributed by atoms with Gasteiger partial charge in [0.25, 0.3) is 5.91 Å². The highest BCUT2D eigenvalue weighted by atomic mass is 19.1. The number of carbonyl (C=O) groups excluding carboxylic acids is 1. The van der Waals surface area contributed by atoms with Crippen molar-refractivity contribution in [2.75, 3.05) is 0 Å². The number of nitrogens with zero attached hydrogens (tertiary/aromatic N) is 1. The van der Waals surface area contributed by atoms with Gasteiger partial charge in [-0.3, -0.25) is 9.78 Å². The Labute approximate surface area is 110 Å². The molecular weight excluding hydrogens is 245 g/mol. The molecule has 1 aromatic carbocycles. The third-order valence-electron chi connectivity index (χ3n) is 2.86. The number of rotatable bonds is 3. The van der Waals surface area contributed by atoms with E-state index in [2.05, 4.69) is 4.98 Å². The summed E-state index contributed by atoms with van der Waals surface area (Å²) in [7, 11) is 0. The molecule has 98 valence electrons. The van der Waals surface area contributed by atoms with E-state index in [0.29, 0.717) is 28.1 Å². The van der Waals surface area contributed by atoms with E-state index in [1.165, 1.54) is 12.1 Å². The molecule has 0 fully saturated rings. The van der Waals surface area contributed by atoms with Crippen LogP contribution in [-0.2, 0) is 6.54 Å². The van der Waals surface area contributed by atoms with Crippen LogP contribution in [0.1, 0.15) is 21.7 Å². The van der Waals surface area contributed by atoms with Gasteiger partial charge in [0.15, 0.2) is 0 Å². The molecule has 19 heavy (non-hydrogen) atoms. The van der Waals surface area contributed by atoms with Crippen molar-refractivity contribution in [1.29, 1.82) is 0 Å². The first-order chi connectivity index (χ1) is 9.02. The van der Waals surface area contributed by atoms with Gasteiger partial charge in [0.05, 0.1) is 17.0 Å². The van der Waals surface area contributed by atoms with Gasteiger partial charge >= 0.3 is 0 Å². The highest BCUT2D eigenvalue weighted by molar-refractivity contribution is 6.00. The number of pyridine rings is 1. The molecule has 1 amide bonds. The van der Waals surface area contributed by atoms with Gasteiger partial charge in [-0.1, -0.05) is 12.1 Å². The third kappa shape index (κ3) is 2.61. The molecule has 0 aliphatic heterocycles. The summed E-state index contributed by atoms with van der Waals surface area (Å²) < 4.78 is 13.0. The second-order valence-electron chi connectivity index (χ2n) is 4.20. The van der Waals surface area contributed by atoms with Gasteiger partial charge in [0.1, 0.15) is 5.82 Å². The largest absolute Gasteiger partial charge is 0.366 e. The van der Waals surface area contributed by atoms with Crippen molar-refractivity contribution < 1.29 is 9.18 Å². The van der Waals surface area contributed by atoms with Gasteiger partial charge in [0, 0.05) is 6.54 Å². The van der Waals surface area contributed by atoms with Crippen LogP contribution in [0, 0.1) is 12.7 Å². The second kappa shape index (κ2) is 5.16. The first-order valence-electron chi connectivity index (χ1n) is 5.79. The van der Waals surface area contributed by atoms with Crippen molar-refractivity contribution in [3.63, 3.8) is 0 Å². The maximum Gasteiger partial charge on any atom is 0.251 e. The molecule has 0 aliphatic rings. The lowest BCUT2D eigenvalue weighted by Gasteiger charge is -2.11. The van der Waals surface area contributed by atoms with E-state index in [4.69, 9.17) is 11.5 Å². The molecule has 1 heterocycles. The Bertz CT molecular complexity index is 623. The Morgan fingerprint density at radius 2 is 1.95 bits per heavy atom. The minimum absolute atomic E-state index is 0.258. The molecule has 0 bridgehead atoms.